The first-order valence-electron chi connectivity index (χ1n) is 7.16. The first kappa shape index (κ1) is 15.1. The number of nitrogens with one attached hydrogen (secondary N) is 1. The molecule has 2 rings (SSSR count). The topological polar surface area (TPSA) is 32.3 Å². The third-order valence-electron chi connectivity index (χ3n) is 3.82. The highest BCUT2D eigenvalue weighted by molar-refractivity contribution is 5.98. The highest BCUT2D eigenvalue weighted by Crippen LogP contribution is 2.20. The van der Waals surface area contributed by atoms with Crippen LogP contribution in [0.3, 0.4) is 0 Å². The lowest BCUT2D eigenvalue weighted by Crippen LogP contribution is -2.39. The normalized spacial score (nSPS) is 11.8. The molecule has 3 heteroatoms. The summed E-state index contributed by atoms with van der Waals surface area (Å²) in [5.74, 6) is 0.0436. The molecule has 3 nitrogen and oxygen atoms in total. The largest absolute Gasteiger partial charge is 0.374 e. The molecule has 2 aromatic rings. The van der Waals surface area contributed by atoms with Crippen LogP contribution in [0.15, 0.2) is 48.5 Å². The van der Waals surface area contributed by atoms with Gasteiger partial charge in [0.2, 0.25) is 5.91 Å². The van der Waals surface area contributed by atoms with Gasteiger partial charge in [0.1, 0.15) is 6.04 Å². The van der Waals surface area contributed by atoms with Crippen LogP contribution in [-0.2, 0) is 4.79 Å². The highest BCUT2D eigenvalue weighted by atomic mass is 16.2. The van der Waals surface area contributed by atoms with Gasteiger partial charge in [-0.2, -0.15) is 0 Å². The summed E-state index contributed by atoms with van der Waals surface area (Å²) >= 11 is 0. The van der Waals surface area contributed by atoms with E-state index in [1.54, 1.807) is 11.9 Å². The second kappa shape index (κ2) is 6.44. The second-order valence-corrected chi connectivity index (χ2v) is 5.35. The Labute approximate surface area is 126 Å². The Balaban J connectivity index is 2.11. The monoisotopic (exact) mass is 282 g/mol. The molecular formula is C18H22N2O. The average molecular weight is 282 g/mol. The smallest absolute Gasteiger partial charge is 0.248 e. The van der Waals surface area contributed by atoms with Crippen LogP contribution in [0, 0.1) is 13.8 Å². The van der Waals surface area contributed by atoms with Crippen molar-refractivity contribution < 1.29 is 4.79 Å². The van der Waals surface area contributed by atoms with Crippen LogP contribution in [0.25, 0.3) is 0 Å². The summed E-state index contributed by atoms with van der Waals surface area (Å²) in [5, 5.41) is 3.31. The number of benzene rings is 2. The zero-order valence-corrected chi connectivity index (χ0v) is 13.1. The SMILES string of the molecule is Cc1cccc(NC(C)C(=O)N(C)c2ccccc2)c1C. The third-order valence-corrected chi connectivity index (χ3v) is 3.82. The standard InChI is InChI=1S/C18H22N2O/c1-13-9-8-12-17(14(13)2)19-15(3)18(21)20(4)16-10-6-5-7-11-16/h5-12,15,19H,1-4H3. The van der Waals surface area contributed by atoms with E-state index in [1.165, 1.54) is 11.1 Å². The predicted octanol–water partition coefficient (Wildman–Crippen LogP) is 3.77. The molecule has 21 heavy (non-hydrogen) atoms. The third kappa shape index (κ3) is 3.43. The molecular weight excluding hydrogens is 260 g/mol. The van der Waals surface area contributed by atoms with Gasteiger partial charge < -0.3 is 10.2 Å². The van der Waals surface area contributed by atoms with Gasteiger partial charge in [-0.05, 0) is 50.1 Å². The zero-order chi connectivity index (χ0) is 15.4. The highest BCUT2D eigenvalue weighted by Gasteiger charge is 2.19. The van der Waals surface area contributed by atoms with Gasteiger partial charge in [0.05, 0.1) is 0 Å². The van der Waals surface area contributed by atoms with Crippen molar-refractivity contribution in [1.82, 2.24) is 0 Å². The summed E-state index contributed by atoms with van der Waals surface area (Å²) in [6, 6.07) is 15.5. The van der Waals surface area contributed by atoms with E-state index in [9.17, 15) is 4.79 Å². The molecule has 0 aromatic heterocycles. The Morgan fingerprint density at radius 3 is 2.38 bits per heavy atom. The van der Waals surface area contributed by atoms with Crippen molar-refractivity contribution in [3.63, 3.8) is 0 Å². The summed E-state index contributed by atoms with van der Waals surface area (Å²) in [7, 11) is 1.80. The number of rotatable bonds is 4. The van der Waals surface area contributed by atoms with Crippen LogP contribution in [-0.4, -0.2) is 19.0 Å². The molecule has 0 bridgehead atoms. The Hall–Kier alpha value is -2.29. The van der Waals surface area contributed by atoms with Crippen molar-refractivity contribution in [3.05, 3.63) is 59.7 Å². The summed E-state index contributed by atoms with van der Waals surface area (Å²) in [5.41, 5.74) is 4.31. The summed E-state index contributed by atoms with van der Waals surface area (Å²) in [4.78, 5) is 14.2. The van der Waals surface area contributed by atoms with E-state index in [4.69, 9.17) is 0 Å². The van der Waals surface area contributed by atoms with Gasteiger partial charge >= 0.3 is 0 Å². The Morgan fingerprint density at radius 1 is 1.05 bits per heavy atom. The van der Waals surface area contributed by atoms with E-state index in [1.807, 2.05) is 49.4 Å². The molecule has 0 fully saturated rings. The van der Waals surface area contributed by atoms with Crippen LogP contribution in [0.5, 0.6) is 0 Å². The van der Waals surface area contributed by atoms with Crippen LogP contribution >= 0.6 is 0 Å². The minimum Gasteiger partial charge on any atom is -0.374 e. The molecule has 1 amide bonds. The fraction of sp³-hybridized carbons (Fsp3) is 0.278. The van der Waals surface area contributed by atoms with Crippen LogP contribution in [0.2, 0.25) is 0 Å². The summed E-state index contributed by atoms with van der Waals surface area (Å²) in [6.07, 6.45) is 0. The van der Waals surface area contributed by atoms with Crippen molar-refractivity contribution >= 4 is 17.3 Å². The number of para-hydroxylation sites is 1. The molecule has 0 radical (unpaired) electrons. The molecule has 1 unspecified atom stereocenters. The maximum Gasteiger partial charge on any atom is 0.248 e. The van der Waals surface area contributed by atoms with Crippen molar-refractivity contribution in [2.45, 2.75) is 26.8 Å². The predicted molar refractivity (Wildman–Crippen MR) is 88.9 cm³/mol. The number of nitrogens with zero attached hydrogens (tertiary/aromatic N) is 1. The van der Waals surface area contributed by atoms with Crippen LogP contribution in [0.4, 0.5) is 11.4 Å². The summed E-state index contributed by atoms with van der Waals surface area (Å²) < 4.78 is 0. The lowest BCUT2D eigenvalue weighted by atomic mass is 10.1. The van der Waals surface area contributed by atoms with Crippen molar-refractivity contribution in [2.24, 2.45) is 0 Å². The Bertz CT molecular complexity index is 622. The minimum absolute atomic E-state index is 0.0436. The molecule has 0 heterocycles. The van der Waals surface area contributed by atoms with E-state index in [0.29, 0.717) is 0 Å². The van der Waals surface area contributed by atoms with Crippen molar-refractivity contribution in [3.8, 4) is 0 Å². The quantitative estimate of drug-likeness (QED) is 0.926. The molecule has 1 N–H and O–H groups in total. The molecule has 0 aliphatic carbocycles. The van der Waals surface area contributed by atoms with Gasteiger partial charge in [0.15, 0.2) is 0 Å². The average Bonchev–Trinajstić information content (AvgIpc) is 2.51. The molecule has 0 aliphatic rings. The number of carbonyl (C=O) groups excluding carboxylic acids is 1. The van der Waals surface area contributed by atoms with Gasteiger partial charge in [-0.1, -0.05) is 30.3 Å². The number of amides is 1. The van der Waals surface area contributed by atoms with Gasteiger partial charge in [-0.15, -0.1) is 0 Å². The Kier molecular flexibility index (Phi) is 4.63. The fourth-order valence-corrected chi connectivity index (χ4v) is 2.27. The molecule has 1 atom stereocenters. The first-order valence-corrected chi connectivity index (χ1v) is 7.16. The number of hydrogen-bond acceptors (Lipinski definition) is 2. The molecule has 2 aromatic carbocycles. The van der Waals surface area contributed by atoms with Crippen LogP contribution < -0.4 is 10.2 Å². The van der Waals surface area contributed by atoms with Crippen molar-refractivity contribution in [1.29, 1.82) is 0 Å². The number of carbonyl (C=O) groups is 1. The van der Waals surface area contributed by atoms with Gasteiger partial charge in [0.25, 0.3) is 0 Å². The molecule has 0 saturated carbocycles. The Morgan fingerprint density at radius 2 is 1.71 bits per heavy atom. The van der Waals surface area contributed by atoms with E-state index in [-0.39, 0.29) is 11.9 Å². The second-order valence-electron chi connectivity index (χ2n) is 5.35. The maximum atomic E-state index is 12.5. The first-order chi connectivity index (χ1) is 10.0. The van der Waals surface area contributed by atoms with E-state index in [0.717, 1.165) is 11.4 Å². The number of likely N-dealkylation sites (N-methyl/N-ethyl adjacent to an activating group) is 1. The van der Waals surface area contributed by atoms with Crippen LogP contribution in [0.1, 0.15) is 18.1 Å². The van der Waals surface area contributed by atoms with E-state index >= 15 is 0 Å². The van der Waals surface area contributed by atoms with Crippen molar-refractivity contribution in [2.75, 3.05) is 17.3 Å². The number of hydrogen-bond donors (Lipinski definition) is 1. The molecule has 110 valence electrons. The number of aryl methyl sites for hydroxylation is 1. The lowest BCUT2D eigenvalue weighted by Gasteiger charge is -2.23. The van der Waals surface area contributed by atoms with E-state index < -0.39 is 0 Å². The molecule has 0 spiro atoms. The minimum atomic E-state index is -0.282. The molecule has 0 saturated heterocycles. The lowest BCUT2D eigenvalue weighted by molar-refractivity contribution is -0.118. The fourth-order valence-electron chi connectivity index (χ4n) is 2.27. The molecule has 0 aliphatic heterocycles. The van der Waals surface area contributed by atoms with Gasteiger partial charge in [0, 0.05) is 18.4 Å². The zero-order valence-electron chi connectivity index (χ0n) is 13.1. The number of anilines is 2. The maximum absolute atomic E-state index is 12.5. The summed E-state index contributed by atoms with van der Waals surface area (Å²) in [6.45, 7) is 6.03. The van der Waals surface area contributed by atoms with Gasteiger partial charge in [-0.3, -0.25) is 4.79 Å². The van der Waals surface area contributed by atoms with E-state index in [2.05, 4.69) is 25.2 Å². The van der Waals surface area contributed by atoms with Gasteiger partial charge in [-0.25, -0.2) is 0 Å².